The smallest absolute Gasteiger partial charge is 0.203 e. The van der Waals surface area contributed by atoms with Crippen molar-refractivity contribution in [2.75, 3.05) is 40.4 Å². The molecule has 1 aliphatic heterocycles. The van der Waals surface area contributed by atoms with E-state index in [4.69, 9.17) is 18.6 Å². The summed E-state index contributed by atoms with van der Waals surface area (Å²) < 4.78 is 23.3. The van der Waals surface area contributed by atoms with Crippen LogP contribution >= 0.6 is 0 Å². The first-order valence-electron chi connectivity index (χ1n) is 10.2. The lowest BCUT2D eigenvalue weighted by molar-refractivity contribution is 0.179. The van der Waals surface area contributed by atoms with E-state index < -0.39 is 0 Å². The molecule has 6 nitrogen and oxygen atoms in total. The summed E-state index contributed by atoms with van der Waals surface area (Å²) in [4.78, 5) is 2.41. The first-order chi connectivity index (χ1) is 14.8. The maximum absolute atomic E-state index is 6.11. The molecule has 30 heavy (non-hydrogen) atoms. The zero-order valence-corrected chi connectivity index (χ0v) is 17.5. The topological polar surface area (TPSA) is 56.1 Å². The van der Waals surface area contributed by atoms with Gasteiger partial charge in [-0.25, -0.2) is 0 Å². The minimum absolute atomic E-state index is 0.0203. The molecule has 158 valence electrons. The number of hydrogen-bond donors (Lipinski definition) is 1. The molecule has 0 spiro atoms. The lowest BCUT2D eigenvalue weighted by atomic mass is 10.0. The van der Waals surface area contributed by atoms with E-state index in [1.54, 1.807) is 20.5 Å². The summed E-state index contributed by atoms with van der Waals surface area (Å²) in [5.74, 6) is 2.80. The standard InChI is InChI=1S/C24H28N2O4/c1-27-21-15-19(23(20-9-6-14-29-20)26-12-10-25-11-13-26)16-22(28-2)24(21)30-17-18-7-4-3-5-8-18/h3-9,14-16,23,25H,10-13,17H2,1-2H3. The molecule has 4 rings (SSSR count). The van der Waals surface area contributed by atoms with Gasteiger partial charge in [-0.05, 0) is 35.4 Å². The third kappa shape index (κ3) is 4.45. The van der Waals surface area contributed by atoms with Crippen LogP contribution in [0.1, 0.15) is 22.9 Å². The van der Waals surface area contributed by atoms with E-state index in [-0.39, 0.29) is 6.04 Å². The van der Waals surface area contributed by atoms with E-state index in [0.717, 1.165) is 43.1 Å². The zero-order chi connectivity index (χ0) is 20.8. The summed E-state index contributed by atoms with van der Waals surface area (Å²) in [6.45, 7) is 4.20. The van der Waals surface area contributed by atoms with Crippen LogP contribution in [0.15, 0.2) is 65.3 Å². The average molecular weight is 408 g/mol. The molecule has 0 saturated carbocycles. The van der Waals surface area contributed by atoms with Gasteiger partial charge in [0.1, 0.15) is 12.4 Å². The molecular formula is C24H28N2O4. The maximum Gasteiger partial charge on any atom is 0.203 e. The molecule has 1 aliphatic rings. The van der Waals surface area contributed by atoms with Gasteiger partial charge in [0.05, 0.1) is 26.5 Å². The van der Waals surface area contributed by atoms with E-state index in [0.29, 0.717) is 23.9 Å². The Morgan fingerprint density at radius 2 is 1.67 bits per heavy atom. The quantitative estimate of drug-likeness (QED) is 0.611. The molecule has 0 aliphatic carbocycles. The largest absolute Gasteiger partial charge is 0.493 e. The second-order valence-electron chi connectivity index (χ2n) is 7.23. The molecule has 2 aromatic carbocycles. The van der Waals surface area contributed by atoms with E-state index >= 15 is 0 Å². The Kier molecular flexibility index (Phi) is 6.57. The Bertz CT molecular complexity index is 897. The van der Waals surface area contributed by atoms with Gasteiger partial charge in [0.2, 0.25) is 5.75 Å². The molecule has 0 bridgehead atoms. The van der Waals surface area contributed by atoms with Gasteiger partial charge in [-0.2, -0.15) is 0 Å². The predicted octanol–water partition coefficient (Wildman–Crippen LogP) is 3.87. The summed E-state index contributed by atoms with van der Waals surface area (Å²) in [6, 6.07) is 18.0. The third-order valence-corrected chi connectivity index (χ3v) is 5.35. The minimum atomic E-state index is -0.0203. The summed E-state index contributed by atoms with van der Waals surface area (Å²) >= 11 is 0. The Labute approximate surface area is 177 Å². The summed E-state index contributed by atoms with van der Waals surface area (Å²) in [7, 11) is 3.31. The number of piperazine rings is 1. The van der Waals surface area contributed by atoms with Gasteiger partial charge in [0.25, 0.3) is 0 Å². The van der Waals surface area contributed by atoms with Crippen LogP contribution in [0.25, 0.3) is 0 Å². The normalized spacial score (nSPS) is 15.5. The number of methoxy groups -OCH3 is 2. The van der Waals surface area contributed by atoms with Crippen LogP contribution < -0.4 is 19.5 Å². The number of benzene rings is 2. The maximum atomic E-state index is 6.11. The monoisotopic (exact) mass is 408 g/mol. The van der Waals surface area contributed by atoms with E-state index in [2.05, 4.69) is 10.2 Å². The molecule has 1 N–H and O–H groups in total. The van der Waals surface area contributed by atoms with Crippen molar-refractivity contribution in [3.05, 3.63) is 77.7 Å². The van der Waals surface area contributed by atoms with Crippen LogP contribution in [0.4, 0.5) is 0 Å². The molecule has 0 amide bonds. The van der Waals surface area contributed by atoms with Crippen molar-refractivity contribution < 1.29 is 18.6 Å². The molecule has 1 unspecified atom stereocenters. The van der Waals surface area contributed by atoms with Crippen molar-refractivity contribution >= 4 is 0 Å². The highest BCUT2D eigenvalue weighted by molar-refractivity contribution is 5.55. The highest BCUT2D eigenvalue weighted by atomic mass is 16.5. The second-order valence-corrected chi connectivity index (χ2v) is 7.23. The third-order valence-electron chi connectivity index (χ3n) is 5.35. The van der Waals surface area contributed by atoms with Gasteiger partial charge in [-0.3, -0.25) is 4.90 Å². The van der Waals surface area contributed by atoms with Gasteiger partial charge < -0.3 is 23.9 Å². The van der Waals surface area contributed by atoms with Crippen LogP contribution in [0.3, 0.4) is 0 Å². The van der Waals surface area contributed by atoms with Crippen molar-refractivity contribution in [1.82, 2.24) is 10.2 Å². The van der Waals surface area contributed by atoms with E-state index in [9.17, 15) is 0 Å². The minimum Gasteiger partial charge on any atom is -0.493 e. The highest BCUT2D eigenvalue weighted by Gasteiger charge is 2.28. The summed E-state index contributed by atoms with van der Waals surface area (Å²) in [5, 5.41) is 3.41. The Morgan fingerprint density at radius 3 is 2.27 bits per heavy atom. The van der Waals surface area contributed by atoms with Crippen molar-refractivity contribution in [2.45, 2.75) is 12.6 Å². The summed E-state index contributed by atoms with van der Waals surface area (Å²) in [5.41, 5.74) is 2.13. The molecule has 1 atom stereocenters. The van der Waals surface area contributed by atoms with Crippen molar-refractivity contribution in [2.24, 2.45) is 0 Å². The molecule has 2 heterocycles. The Morgan fingerprint density at radius 1 is 0.967 bits per heavy atom. The van der Waals surface area contributed by atoms with Crippen LogP contribution in [-0.2, 0) is 6.61 Å². The van der Waals surface area contributed by atoms with Crippen LogP contribution in [0, 0.1) is 0 Å². The first kappa shape index (κ1) is 20.3. The van der Waals surface area contributed by atoms with Gasteiger partial charge in [-0.1, -0.05) is 30.3 Å². The number of nitrogens with zero attached hydrogens (tertiary/aromatic N) is 1. The molecular weight excluding hydrogens is 380 g/mol. The highest BCUT2D eigenvalue weighted by Crippen LogP contribution is 2.43. The van der Waals surface area contributed by atoms with Crippen molar-refractivity contribution in [3.63, 3.8) is 0 Å². The van der Waals surface area contributed by atoms with Crippen LogP contribution in [-0.4, -0.2) is 45.3 Å². The van der Waals surface area contributed by atoms with Crippen molar-refractivity contribution in [1.29, 1.82) is 0 Å². The molecule has 3 aromatic rings. The van der Waals surface area contributed by atoms with Gasteiger partial charge in [-0.15, -0.1) is 0 Å². The number of nitrogens with one attached hydrogen (secondary N) is 1. The fourth-order valence-electron chi connectivity index (χ4n) is 3.87. The first-order valence-corrected chi connectivity index (χ1v) is 10.2. The fourth-order valence-corrected chi connectivity index (χ4v) is 3.87. The number of furan rings is 1. The van der Waals surface area contributed by atoms with Crippen LogP contribution in [0.5, 0.6) is 17.2 Å². The molecule has 6 heteroatoms. The zero-order valence-electron chi connectivity index (χ0n) is 17.5. The van der Waals surface area contributed by atoms with Gasteiger partial charge in [0.15, 0.2) is 11.5 Å². The Hall–Kier alpha value is -2.96. The van der Waals surface area contributed by atoms with E-state index in [1.165, 1.54) is 0 Å². The lowest BCUT2D eigenvalue weighted by Gasteiger charge is -2.34. The van der Waals surface area contributed by atoms with Crippen molar-refractivity contribution in [3.8, 4) is 17.2 Å². The molecule has 1 fully saturated rings. The summed E-state index contributed by atoms with van der Waals surface area (Å²) in [6.07, 6.45) is 1.72. The second kappa shape index (κ2) is 9.69. The number of ether oxygens (including phenoxy) is 3. The molecule has 0 radical (unpaired) electrons. The predicted molar refractivity (Wildman–Crippen MR) is 115 cm³/mol. The SMILES string of the molecule is COc1cc(C(c2ccco2)N2CCNCC2)cc(OC)c1OCc1ccccc1. The van der Waals surface area contributed by atoms with E-state index in [1.807, 2.05) is 54.6 Å². The Balaban J connectivity index is 1.68. The lowest BCUT2D eigenvalue weighted by Crippen LogP contribution is -2.45. The number of rotatable bonds is 8. The molecule has 1 aromatic heterocycles. The van der Waals surface area contributed by atoms with Gasteiger partial charge >= 0.3 is 0 Å². The van der Waals surface area contributed by atoms with Gasteiger partial charge in [0, 0.05) is 26.2 Å². The average Bonchev–Trinajstić information content (AvgIpc) is 3.33. The number of hydrogen-bond acceptors (Lipinski definition) is 6. The molecule has 1 saturated heterocycles. The van der Waals surface area contributed by atoms with Crippen LogP contribution in [0.2, 0.25) is 0 Å². The fraction of sp³-hybridized carbons (Fsp3) is 0.333.